The van der Waals surface area contributed by atoms with Crippen molar-refractivity contribution in [3.05, 3.63) is 24.3 Å². The van der Waals surface area contributed by atoms with Gasteiger partial charge in [-0.25, -0.2) is 17.8 Å². The van der Waals surface area contributed by atoms with Gasteiger partial charge in [0.2, 0.25) is 11.8 Å². The Kier molecular flexibility index (Phi) is 63.3. The standard InChI is InChI=1S/2C16H36O7P2.2C9H18N2O.C5H12O2.Zr/c2*1-5-9-11-15(7-3)13-21-25(20,23-24(17,18)19)22-14-16(8-4)12-10-6-2;2*1-8(2)9(12)10-6-5-7-11(3)4;1-5(2,3-6)4-7;/h2*15-16H,5-14H2,1-4H3,(H2,17,18,19);2*1,5-7H2,2-4H3,(H,10,12);6-7H,3-4H2,1-2H3;/p-2. The molecule has 0 aliphatic carbocycles. The fourth-order valence-corrected chi connectivity index (χ4v) is 10.8. The Labute approximate surface area is 517 Å². The van der Waals surface area contributed by atoms with E-state index in [9.17, 15) is 37.6 Å². The van der Waals surface area contributed by atoms with E-state index < -0.39 is 31.3 Å². The van der Waals surface area contributed by atoms with Crippen LogP contribution < -0.4 is 20.4 Å². The fourth-order valence-electron chi connectivity index (χ4n) is 6.35. The molecule has 27 heteroatoms. The number of rotatable bonds is 44. The number of unbranched alkanes of at least 4 members (excludes halogenated alkanes) is 4. The number of nitrogens with one attached hydrogen (secondary N) is 2. The number of aliphatic hydroxyl groups excluding tert-OH is 2. The van der Waals surface area contributed by atoms with Crippen LogP contribution in [0.25, 0.3) is 0 Å². The van der Waals surface area contributed by atoms with Crippen molar-refractivity contribution in [2.24, 2.45) is 29.1 Å². The number of hydrogen-bond donors (Lipinski definition) is 6. The van der Waals surface area contributed by atoms with Gasteiger partial charge in [-0.2, -0.15) is 0 Å². The summed E-state index contributed by atoms with van der Waals surface area (Å²) in [4.78, 5) is 66.1. The van der Waals surface area contributed by atoms with Crippen LogP contribution in [0.2, 0.25) is 0 Å². The first kappa shape index (κ1) is 92.8. The average Bonchev–Trinajstić information content (AvgIpc) is 3.38. The third kappa shape index (κ3) is 64.1. The molecule has 0 rings (SSSR count). The summed E-state index contributed by atoms with van der Waals surface area (Å²) in [5.74, 6) is 0.432. The molecule has 0 bridgehead atoms. The van der Waals surface area contributed by atoms with Crippen LogP contribution in [0.1, 0.15) is 199 Å². The van der Waals surface area contributed by atoms with Gasteiger partial charge in [0.25, 0.3) is 15.6 Å². The molecule has 0 radical (unpaired) electrons. The quantitative estimate of drug-likeness (QED) is 0.0188. The van der Waals surface area contributed by atoms with Gasteiger partial charge in [-0.05, 0) is 117 Å². The second-order valence-corrected chi connectivity index (χ2v) is 27.7. The van der Waals surface area contributed by atoms with Gasteiger partial charge < -0.3 is 50.2 Å². The number of phosphoric ester groups is 2. The summed E-state index contributed by atoms with van der Waals surface area (Å²) in [6.07, 6.45) is 16.9. The van der Waals surface area contributed by atoms with Crippen LogP contribution >= 0.6 is 31.3 Å². The van der Waals surface area contributed by atoms with Crippen molar-refractivity contribution in [1.82, 2.24) is 20.4 Å². The average molecular weight is 1340 g/mol. The van der Waals surface area contributed by atoms with Gasteiger partial charge in [-0.1, -0.05) is 159 Å². The number of aliphatic hydroxyl groups is 2. The van der Waals surface area contributed by atoms with Crippen molar-refractivity contribution < 1.29 is 111 Å². The molecule has 0 saturated carbocycles. The molecule has 0 heterocycles. The van der Waals surface area contributed by atoms with Gasteiger partial charge in [0.05, 0.1) is 39.6 Å². The van der Waals surface area contributed by atoms with Crippen LogP contribution in [0.3, 0.4) is 0 Å². The van der Waals surface area contributed by atoms with Crippen LogP contribution in [0.5, 0.6) is 0 Å². The topological polar surface area (TPSA) is 315 Å². The summed E-state index contributed by atoms with van der Waals surface area (Å²) in [5, 5.41) is 22.4. The molecule has 6 N–H and O–H groups in total. The van der Waals surface area contributed by atoms with Crippen LogP contribution in [0, 0.1) is 29.1 Å². The largest absolute Gasteiger partial charge is 0.756 e. The number of hydrogen-bond acceptors (Lipinski definition) is 18. The summed E-state index contributed by atoms with van der Waals surface area (Å²) >= 11 is 0. The minimum atomic E-state index is -5.23. The maximum atomic E-state index is 12.6. The summed E-state index contributed by atoms with van der Waals surface area (Å²) in [7, 11) is -11.1. The van der Waals surface area contributed by atoms with E-state index in [0.717, 1.165) is 142 Å². The molecular weight excluding hydrogens is 1220 g/mol. The fraction of sp³-hybridized carbons (Fsp3) is 0.891. The van der Waals surface area contributed by atoms with Crippen LogP contribution in [-0.2, 0) is 80.8 Å². The van der Waals surface area contributed by atoms with E-state index in [-0.39, 0.29) is 107 Å². The zero-order valence-corrected chi connectivity index (χ0v) is 59.7. The normalized spacial score (nSPS) is 15.6. The molecule has 0 fully saturated rings. The molecule has 6 unspecified atom stereocenters. The Bertz CT molecular complexity index is 1610. The molecule has 492 valence electrons. The predicted molar refractivity (Wildman–Crippen MR) is 324 cm³/mol. The molecule has 0 saturated heterocycles. The van der Waals surface area contributed by atoms with E-state index in [4.69, 9.17) is 38.1 Å². The SMILES string of the molecule is C=C(C)C(=O)NCCCN(C)C.C=C(C)C(=O)NCCCN(C)C.CC(C)(CO)CO.CCCCC(CC)COP(=O)(OCC(CC)CCCC)OP(=O)([O-])O.CCCCC(CC)COP(=O)(OCC(CC)CCCC)OP(=O)([O-])O.[Zr]. The number of carbonyl (C=O) groups is 2. The summed E-state index contributed by atoms with van der Waals surface area (Å²) in [6.45, 7) is 34.2. The first-order valence-corrected chi connectivity index (χ1v) is 35.2. The summed E-state index contributed by atoms with van der Waals surface area (Å²) < 4.78 is 76.9. The molecule has 6 atom stereocenters. The van der Waals surface area contributed by atoms with E-state index in [1.807, 2.05) is 55.9 Å². The van der Waals surface area contributed by atoms with Gasteiger partial charge in [-0.15, -0.1) is 0 Å². The number of amides is 2. The minimum absolute atomic E-state index is 0. The molecule has 0 aliphatic rings. The van der Waals surface area contributed by atoms with Gasteiger partial charge >= 0.3 is 15.6 Å². The van der Waals surface area contributed by atoms with E-state index >= 15 is 0 Å². The van der Waals surface area contributed by atoms with Crippen molar-refractivity contribution in [2.45, 2.75) is 199 Å². The second-order valence-electron chi connectivity index (χ2n) is 21.7. The minimum Gasteiger partial charge on any atom is -0.756 e. The molecule has 0 aliphatic heterocycles. The summed E-state index contributed by atoms with van der Waals surface area (Å²) in [5.41, 5.74) is 0.833. The molecular formula is C55H118N4O18P4Zr-2. The Balaban J connectivity index is -0.000000235. The van der Waals surface area contributed by atoms with Crippen molar-refractivity contribution in [3.63, 3.8) is 0 Å². The van der Waals surface area contributed by atoms with E-state index in [2.05, 4.69) is 69.9 Å². The molecule has 0 spiro atoms. The Morgan fingerprint density at radius 1 is 0.512 bits per heavy atom. The first-order chi connectivity index (χ1) is 37.6. The number of carbonyl (C=O) groups excluding carboxylic acids is 2. The molecule has 82 heavy (non-hydrogen) atoms. The third-order valence-electron chi connectivity index (χ3n) is 12.2. The molecule has 0 aromatic carbocycles. The molecule has 22 nitrogen and oxygen atoms in total. The smallest absolute Gasteiger partial charge is 0.481 e. The first-order valence-electron chi connectivity index (χ1n) is 29.2. The third-order valence-corrected chi connectivity index (χ3v) is 17.3. The van der Waals surface area contributed by atoms with Crippen molar-refractivity contribution >= 4 is 43.1 Å². The monoisotopic (exact) mass is 1340 g/mol. The van der Waals surface area contributed by atoms with Crippen LogP contribution in [-0.4, -0.2) is 136 Å². The van der Waals surface area contributed by atoms with E-state index in [1.54, 1.807) is 27.7 Å². The zero-order chi connectivity index (χ0) is 63.7. The van der Waals surface area contributed by atoms with Crippen molar-refractivity contribution in [2.75, 3.05) is 94.0 Å². The Morgan fingerprint density at radius 3 is 0.890 bits per heavy atom. The van der Waals surface area contributed by atoms with Crippen molar-refractivity contribution in [1.29, 1.82) is 0 Å². The van der Waals surface area contributed by atoms with E-state index in [0.29, 0.717) is 11.1 Å². The molecule has 0 aromatic rings. The Morgan fingerprint density at radius 2 is 0.744 bits per heavy atom. The van der Waals surface area contributed by atoms with Gasteiger partial charge in [0.1, 0.15) is 0 Å². The van der Waals surface area contributed by atoms with Crippen molar-refractivity contribution in [3.8, 4) is 0 Å². The predicted octanol–water partition coefficient (Wildman–Crippen LogP) is 11.3. The molecule has 2 amide bonds. The van der Waals surface area contributed by atoms with Crippen LogP contribution in [0.15, 0.2) is 24.3 Å². The summed E-state index contributed by atoms with van der Waals surface area (Å²) in [6, 6.07) is 0. The van der Waals surface area contributed by atoms with Gasteiger partial charge in [0, 0.05) is 55.9 Å². The van der Waals surface area contributed by atoms with Gasteiger partial charge in [-0.3, -0.25) is 36.8 Å². The number of nitrogens with zero attached hydrogens (tertiary/aromatic N) is 2. The maximum absolute atomic E-state index is 12.6. The second kappa shape index (κ2) is 55.9. The Hall–Kier alpha value is -0.337. The molecule has 0 aromatic heterocycles. The van der Waals surface area contributed by atoms with Crippen LogP contribution in [0.4, 0.5) is 0 Å². The van der Waals surface area contributed by atoms with E-state index in [1.165, 1.54) is 0 Å². The zero-order valence-electron chi connectivity index (χ0n) is 53.7. The maximum Gasteiger partial charge on any atom is 0.481 e. The number of phosphoric acid groups is 4. The van der Waals surface area contributed by atoms with Gasteiger partial charge in [0.15, 0.2) is 0 Å².